The Kier molecular flexibility index (Phi) is 3.63. The second-order valence-electron chi connectivity index (χ2n) is 2.82. The van der Waals surface area contributed by atoms with Crippen molar-refractivity contribution in [1.29, 1.82) is 0 Å². The van der Waals surface area contributed by atoms with Crippen LogP contribution < -0.4 is 5.73 Å². The van der Waals surface area contributed by atoms with E-state index in [9.17, 15) is 0 Å². The highest BCUT2D eigenvalue weighted by molar-refractivity contribution is 7.98. The molecule has 0 spiro atoms. The summed E-state index contributed by atoms with van der Waals surface area (Å²) < 4.78 is 0. The number of nitrogens with two attached hydrogens (primary N) is 1. The molecule has 0 saturated heterocycles. The molecule has 1 aromatic carbocycles. The quantitative estimate of drug-likeness (QED) is 0.775. The third-order valence-corrected chi connectivity index (χ3v) is 3.02. The molecule has 1 aromatic rings. The molecular weight excluding hydrogens is 166 g/mol. The first-order chi connectivity index (χ1) is 5.77. The number of thioether (sulfide) groups is 1. The van der Waals surface area contributed by atoms with Gasteiger partial charge in [-0.1, -0.05) is 24.3 Å². The smallest absolute Gasteiger partial charge is 0.0266 e. The molecule has 12 heavy (non-hydrogen) atoms. The van der Waals surface area contributed by atoms with Gasteiger partial charge in [0.1, 0.15) is 0 Å². The van der Waals surface area contributed by atoms with Crippen LogP contribution in [-0.4, -0.2) is 6.26 Å². The highest BCUT2D eigenvalue weighted by atomic mass is 32.2. The number of hydrogen-bond donors (Lipinski definition) is 1. The summed E-state index contributed by atoms with van der Waals surface area (Å²) >= 11 is 1.86. The van der Waals surface area contributed by atoms with E-state index in [1.807, 2.05) is 11.8 Å². The van der Waals surface area contributed by atoms with Gasteiger partial charge < -0.3 is 5.73 Å². The van der Waals surface area contributed by atoms with E-state index in [0.717, 1.165) is 0 Å². The summed E-state index contributed by atoms with van der Waals surface area (Å²) in [7, 11) is 0. The van der Waals surface area contributed by atoms with E-state index < -0.39 is 0 Å². The van der Waals surface area contributed by atoms with Crippen molar-refractivity contribution < 1.29 is 0 Å². The van der Waals surface area contributed by atoms with E-state index >= 15 is 0 Å². The van der Waals surface area contributed by atoms with Gasteiger partial charge in [-0.15, -0.1) is 0 Å². The Morgan fingerprint density at radius 2 is 1.92 bits per heavy atom. The highest BCUT2D eigenvalue weighted by Crippen LogP contribution is 2.25. The fourth-order valence-electron chi connectivity index (χ4n) is 1.06. The van der Waals surface area contributed by atoms with Gasteiger partial charge in [0.15, 0.2) is 0 Å². The first kappa shape index (κ1) is 9.62. The Hall–Kier alpha value is -0.470. The van der Waals surface area contributed by atoms with E-state index in [0.29, 0.717) is 11.8 Å². The van der Waals surface area contributed by atoms with Crippen LogP contribution in [0.4, 0.5) is 0 Å². The van der Waals surface area contributed by atoms with Gasteiger partial charge in [0.05, 0.1) is 0 Å². The summed E-state index contributed by atoms with van der Waals surface area (Å²) in [5.41, 5.74) is 8.08. The topological polar surface area (TPSA) is 26.0 Å². The lowest BCUT2D eigenvalue weighted by molar-refractivity contribution is 1.05. The maximum atomic E-state index is 5.50. The molecule has 0 radical (unpaired) electrons. The van der Waals surface area contributed by atoms with Gasteiger partial charge in [0.2, 0.25) is 0 Å². The zero-order chi connectivity index (χ0) is 8.97. The molecule has 1 rings (SSSR count). The Morgan fingerprint density at radius 3 is 2.33 bits per heavy atom. The zero-order valence-corrected chi connectivity index (χ0v) is 8.40. The normalized spacial score (nSPS) is 12.9. The maximum absolute atomic E-state index is 5.50. The number of rotatable bonds is 3. The molecule has 0 fully saturated rings. The van der Waals surface area contributed by atoms with Crippen molar-refractivity contribution in [2.24, 2.45) is 5.73 Å². The van der Waals surface area contributed by atoms with Crippen LogP contribution in [0.3, 0.4) is 0 Å². The van der Waals surface area contributed by atoms with Crippen LogP contribution in [0, 0.1) is 0 Å². The second kappa shape index (κ2) is 4.53. The predicted octanol–water partition coefficient (Wildman–Crippen LogP) is 2.57. The van der Waals surface area contributed by atoms with E-state index in [-0.39, 0.29) is 0 Å². The molecular formula is C10H15NS. The van der Waals surface area contributed by atoms with Crippen molar-refractivity contribution in [1.82, 2.24) is 0 Å². The van der Waals surface area contributed by atoms with Crippen LogP contribution in [0.2, 0.25) is 0 Å². The molecule has 2 heteroatoms. The van der Waals surface area contributed by atoms with Gasteiger partial charge in [-0.2, -0.15) is 11.8 Å². The average Bonchev–Trinajstić information content (AvgIpc) is 2.17. The molecule has 0 aromatic heterocycles. The molecule has 1 unspecified atom stereocenters. The number of hydrogen-bond acceptors (Lipinski definition) is 2. The van der Waals surface area contributed by atoms with Gasteiger partial charge >= 0.3 is 0 Å². The predicted molar refractivity (Wildman–Crippen MR) is 56.3 cm³/mol. The Labute approximate surface area is 78.4 Å². The lowest BCUT2D eigenvalue weighted by Gasteiger charge is -2.08. The third kappa shape index (κ3) is 2.26. The fourth-order valence-corrected chi connectivity index (χ4v) is 1.49. The van der Waals surface area contributed by atoms with Crippen molar-refractivity contribution in [3.8, 4) is 0 Å². The molecule has 0 aliphatic carbocycles. The van der Waals surface area contributed by atoms with Crippen LogP contribution >= 0.6 is 11.8 Å². The van der Waals surface area contributed by atoms with Gasteiger partial charge in [-0.05, 0) is 24.3 Å². The summed E-state index contributed by atoms with van der Waals surface area (Å²) in [6, 6.07) is 8.51. The van der Waals surface area contributed by atoms with Crippen LogP contribution in [0.1, 0.15) is 23.3 Å². The van der Waals surface area contributed by atoms with E-state index in [1.165, 1.54) is 11.1 Å². The average molecular weight is 181 g/mol. The maximum Gasteiger partial charge on any atom is 0.0266 e. The van der Waals surface area contributed by atoms with Crippen LogP contribution in [0.15, 0.2) is 24.3 Å². The lowest BCUT2D eigenvalue weighted by atomic mass is 10.1. The van der Waals surface area contributed by atoms with Crippen molar-refractivity contribution in [3.63, 3.8) is 0 Å². The summed E-state index contributed by atoms with van der Waals surface area (Å²) in [6.45, 7) is 2.84. The van der Waals surface area contributed by atoms with Crippen molar-refractivity contribution in [2.45, 2.75) is 18.7 Å². The summed E-state index contributed by atoms with van der Waals surface area (Å²) in [4.78, 5) is 0. The van der Waals surface area contributed by atoms with Gasteiger partial charge in [-0.25, -0.2) is 0 Å². The summed E-state index contributed by atoms with van der Waals surface area (Å²) in [5, 5.41) is 0.580. The van der Waals surface area contributed by atoms with E-state index in [4.69, 9.17) is 5.73 Å². The first-order valence-electron chi connectivity index (χ1n) is 4.09. The molecule has 0 saturated carbocycles. The second-order valence-corrected chi connectivity index (χ2v) is 4.00. The molecule has 0 bridgehead atoms. The zero-order valence-electron chi connectivity index (χ0n) is 7.58. The monoisotopic (exact) mass is 181 g/mol. The molecule has 2 N–H and O–H groups in total. The highest BCUT2D eigenvalue weighted by Gasteiger charge is 2.01. The molecule has 1 atom stereocenters. The van der Waals surface area contributed by atoms with Crippen molar-refractivity contribution in [3.05, 3.63) is 35.4 Å². The standard InChI is InChI=1S/C10H15NS/c1-8(12-2)10-5-3-9(7-11)4-6-10/h3-6,8H,7,11H2,1-2H3. The summed E-state index contributed by atoms with van der Waals surface area (Å²) in [5.74, 6) is 0. The largest absolute Gasteiger partial charge is 0.326 e. The molecule has 0 aliphatic heterocycles. The molecule has 1 nitrogen and oxygen atoms in total. The van der Waals surface area contributed by atoms with E-state index in [1.54, 1.807) is 0 Å². The Bertz CT molecular complexity index is 230. The minimum atomic E-state index is 0.580. The van der Waals surface area contributed by atoms with Gasteiger partial charge in [0, 0.05) is 11.8 Å². The van der Waals surface area contributed by atoms with E-state index in [2.05, 4.69) is 37.4 Å². The Balaban J connectivity index is 2.77. The Morgan fingerprint density at radius 1 is 1.33 bits per heavy atom. The van der Waals surface area contributed by atoms with Crippen molar-refractivity contribution in [2.75, 3.05) is 6.26 Å². The van der Waals surface area contributed by atoms with Crippen LogP contribution in [0.25, 0.3) is 0 Å². The minimum Gasteiger partial charge on any atom is -0.326 e. The molecule has 0 aliphatic rings. The van der Waals surface area contributed by atoms with Gasteiger partial charge in [-0.3, -0.25) is 0 Å². The lowest BCUT2D eigenvalue weighted by Crippen LogP contribution is -1.96. The molecule has 0 heterocycles. The first-order valence-corrected chi connectivity index (χ1v) is 5.38. The van der Waals surface area contributed by atoms with Gasteiger partial charge in [0.25, 0.3) is 0 Å². The number of benzene rings is 1. The fraction of sp³-hybridized carbons (Fsp3) is 0.400. The molecule has 66 valence electrons. The van der Waals surface area contributed by atoms with Crippen LogP contribution in [-0.2, 0) is 6.54 Å². The SMILES string of the molecule is CSC(C)c1ccc(CN)cc1. The van der Waals surface area contributed by atoms with Crippen molar-refractivity contribution >= 4 is 11.8 Å². The summed E-state index contributed by atoms with van der Waals surface area (Å²) in [6.07, 6.45) is 2.13. The minimum absolute atomic E-state index is 0.580. The third-order valence-electron chi connectivity index (χ3n) is 2.04. The van der Waals surface area contributed by atoms with Crippen LogP contribution in [0.5, 0.6) is 0 Å². The molecule has 0 amide bonds.